The van der Waals surface area contributed by atoms with E-state index >= 15 is 0 Å². The number of rotatable bonds is 8. The Hall–Kier alpha value is 0. The van der Waals surface area contributed by atoms with Gasteiger partial charge in [0, 0.05) is 0 Å². The first-order valence-electron chi connectivity index (χ1n) is 12.8. The van der Waals surface area contributed by atoms with Crippen molar-refractivity contribution >= 4 is 0 Å². The van der Waals surface area contributed by atoms with Crippen LogP contribution in [0.2, 0.25) is 0 Å². The van der Waals surface area contributed by atoms with Crippen LogP contribution in [0.3, 0.4) is 0 Å². The van der Waals surface area contributed by atoms with Gasteiger partial charge in [0.05, 0.1) is 0 Å². The van der Waals surface area contributed by atoms with Crippen LogP contribution in [0, 0.1) is 35.5 Å². The van der Waals surface area contributed by atoms with Crippen molar-refractivity contribution in [3.05, 3.63) is 0 Å². The van der Waals surface area contributed by atoms with E-state index in [4.69, 9.17) is 0 Å². The summed E-state index contributed by atoms with van der Waals surface area (Å²) in [5.41, 5.74) is 0. The second-order valence-corrected chi connectivity index (χ2v) is 10.5. The third kappa shape index (κ3) is 6.00. The molecule has 0 aromatic rings. The summed E-state index contributed by atoms with van der Waals surface area (Å²) in [4.78, 5) is 0. The zero-order chi connectivity index (χ0) is 18.2. The fourth-order valence-corrected chi connectivity index (χ4v) is 7.15. The third-order valence-corrected chi connectivity index (χ3v) is 8.78. The Morgan fingerprint density at radius 3 is 1.73 bits per heavy atom. The molecule has 3 aliphatic rings. The van der Waals surface area contributed by atoms with Crippen LogP contribution >= 0.6 is 0 Å². The van der Waals surface area contributed by atoms with E-state index in [-0.39, 0.29) is 0 Å². The molecule has 0 radical (unpaired) electrons. The van der Waals surface area contributed by atoms with Gasteiger partial charge in [0.2, 0.25) is 0 Å². The van der Waals surface area contributed by atoms with Crippen LogP contribution in [0.5, 0.6) is 0 Å². The first-order valence-corrected chi connectivity index (χ1v) is 12.8. The molecule has 0 bridgehead atoms. The molecule has 152 valence electrons. The van der Waals surface area contributed by atoms with Gasteiger partial charge < -0.3 is 0 Å². The van der Waals surface area contributed by atoms with Crippen molar-refractivity contribution in [1.82, 2.24) is 0 Å². The number of unbranched alkanes of at least 4 members (excludes halogenated alkanes) is 2. The molecule has 0 heterocycles. The van der Waals surface area contributed by atoms with Gasteiger partial charge in [-0.15, -0.1) is 0 Å². The predicted octanol–water partition coefficient (Wildman–Crippen LogP) is 8.79. The van der Waals surface area contributed by atoms with Crippen LogP contribution in [0.15, 0.2) is 0 Å². The van der Waals surface area contributed by atoms with Crippen molar-refractivity contribution in [2.45, 2.75) is 129 Å². The lowest BCUT2D eigenvalue weighted by atomic mass is 9.64. The third-order valence-electron chi connectivity index (χ3n) is 8.78. The molecule has 0 heteroatoms. The van der Waals surface area contributed by atoms with Gasteiger partial charge in [0.1, 0.15) is 0 Å². The van der Waals surface area contributed by atoms with Gasteiger partial charge in [-0.25, -0.2) is 0 Å². The van der Waals surface area contributed by atoms with E-state index in [0.717, 1.165) is 35.5 Å². The van der Waals surface area contributed by atoms with Crippen LogP contribution in [0.1, 0.15) is 129 Å². The minimum atomic E-state index is 1.08. The lowest BCUT2D eigenvalue weighted by Gasteiger charge is -2.41. The molecule has 0 aromatic carbocycles. The van der Waals surface area contributed by atoms with Crippen molar-refractivity contribution in [3.63, 3.8) is 0 Å². The summed E-state index contributed by atoms with van der Waals surface area (Å²) < 4.78 is 0. The van der Waals surface area contributed by atoms with Gasteiger partial charge in [-0.2, -0.15) is 0 Å². The average molecular weight is 361 g/mol. The van der Waals surface area contributed by atoms with Gasteiger partial charge in [0.25, 0.3) is 0 Å². The summed E-state index contributed by atoms with van der Waals surface area (Å²) >= 11 is 0. The van der Waals surface area contributed by atoms with Crippen LogP contribution < -0.4 is 0 Å². The van der Waals surface area contributed by atoms with E-state index in [9.17, 15) is 0 Å². The maximum Gasteiger partial charge on any atom is -0.0383 e. The molecule has 0 N–H and O–H groups in total. The summed E-state index contributed by atoms with van der Waals surface area (Å²) in [6, 6.07) is 0. The summed E-state index contributed by atoms with van der Waals surface area (Å²) in [6.07, 6.45) is 27.7. The molecule has 3 saturated carbocycles. The highest BCUT2D eigenvalue weighted by atomic mass is 14.4. The minimum Gasteiger partial charge on any atom is -0.0654 e. The summed E-state index contributed by atoms with van der Waals surface area (Å²) in [5, 5.41) is 0. The first-order chi connectivity index (χ1) is 12.8. The van der Waals surface area contributed by atoms with Crippen LogP contribution in [0.25, 0.3) is 0 Å². The van der Waals surface area contributed by atoms with Crippen LogP contribution in [-0.2, 0) is 0 Å². The molecule has 0 aromatic heterocycles. The Bertz CT molecular complexity index is 354. The van der Waals surface area contributed by atoms with E-state index in [1.807, 2.05) is 0 Å². The molecule has 2 unspecified atom stereocenters. The smallest absolute Gasteiger partial charge is 0.0383 e. The van der Waals surface area contributed by atoms with Crippen molar-refractivity contribution in [2.24, 2.45) is 35.5 Å². The quantitative estimate of drug-likeness (QED) is 0.379. The lowest BCUT2D eigenvalue weighted by Crippen LogP contribution is -2.30. The maximum absolute atomic E-state index is 2.38. The van der Waals surface area contributed by atoms with Gasteiger partial charge in [-0.1, -0.05) is 84.5 Å². The van der Waals surface area contributed by atoms with E-state index in [1.165, 1.54) is 44.9 Å². The monoisotopic (exact) mass is 360 g/mol. The highest BCUT2D eigenvalue weighted by Gasteiger charge is 2.34. The second-order valence-electron chi connectivity index (χ2n) is 10.5. The predicted molar refractivity (Wildman–Crippen MR) is 115 cm³/mol. The molecule has 0 aliphatic heterocycles. The van der Waals surface area contributed by atoms with Gasteiger partial charge in [-0.3, -0.25) is 0 Å². The van der Waals surface area contributed by atoms with Crippen LogP contribution in [-0.4, -0.2) is 0 Å². The molecule has 0 spiro atoms. The van der Waals surface area contributed by atoms with Crippen molar-refractivity contribution in [3.8, 4) is 0 Å². The van der Waals surface area contributed by atoms with Crippen molar-refractivity contribution in [2.75, 3.05) is 0 Å². The van der Waals surface area contributed by atoms with Crippen molar-refractivity contribution in [1.29, 1.82) is 0 Å². The molecule has 26 heavy (non-hydrogen) atoms. The number of hydrogen-bond donors (Lipinski definition) is 0. The molecular formula is C26H48. The van der Waals surface area contributed by atoms with E-state index < -0.39 is 0 Å². The minimum absolute atomic E-state index is 1.08. The lowest BCUT2D eigenvalue weighted by molar-refractivity contribution is 0.0984. The zero-order valence-corrected chi connectivity index (χ0v) is 18.2. The van der Waals surface area contributed by atoms with Gasteiger partial charge >= 0.3 is 0 Å². The maximum atomic E-state index is 2.38. The standard InChI is InChI=1S/C26H48/c1-3-5-6-9-21-12-14-23(15-13-21)24-16-18-25(19-17-24)26-11-7-10-22(20-26)8-4-2/h21-26H,3-20H2,1-2H3. The van der Waals surface area contributed by atoms with Crippen molar-refractivity contribution < 1.29 is 0 Å². The SMILES string of the molecule is CCCCCC1CCC(C2CCC(C3CCCC(CCC)C3)CC2)CC1. The van der Waals surface area contributed by atoms with E-state index in [2.05, 4.69) is 13.8 Å². The highest BCUT2D eigenvalue weighted by molar-refractivity contribution is 4.86. The Kier molecular flexibility index (Phi) is 8.86. The molecule has 0 nitrogen and oxygen atoms in total. The fraction of sp³-hybridized carbons (Fsp3) is 1.00. The Balaban J connectivity index is 1.35. The van der Waals surface area contributed by atoms with Gasteiger partial charge in [0.15, 0.2) is 0 Å². The van der Waals surface area contributed by atoms with Crippen LogP contribution in [0.4, 0.5) is 0 Å². The zero-order valence-electron chi connectivity index (χ0n) is 18.2. The van der Waals surface area contributed by atoms with E-state index in [1.54, 1.807) is 70.6 Å². The molecule has 0 amide bonds. The summed E-state index contributed by atoms with van der Waals surface area (Å²) in [7, 11) is 0. The molecule has 2 atom stereocenters. The Morgan fingerprint density at radius 1 is 0.500 bits per heavy atom. The number of hydrogen-bond acceptors (Lipinski definition) is 0. The largest absolute Gasteiger partial charge is 0.0654 e. The normalized spacial score (nSPS) is 39.0. The van der Waals surface area contributed by atoms with E-state index in [0.29, 0.717) is 0 Å². The molecule has 0 saturated heterocycles. The second kappa shape index (κ2) is 11.1. The topological polar surface area (TPSA) is 0 Å². The molecule has 3 fully saturated rings. The molecule has 3 rings (SSSR count). The summed E-state index contributed by atoms with van der Waals surface area (Å²) in [5.74, 6) is 6.61. The average Bonchev–Trinajstić information content (AvgIpc) is 2.69. The van der Waals surface area contributed by atoms with Gasteiger partial charge in [-0.05, 0) is 80.5 Å². The Morgan fingerprint density at radius 2 is 1.12 bits per heavy atom. The Labute approximate surface area is 165 Å². The molecular weight excluding hydrogens is 312 g/mol. The first kappa shape index (κ1) is 20.7. The fourth-order valence-electron chi connectivity index (χ4n) is 7.15. The summed E-state index contributed by atoms with van der Waals surface area (Å²) in [6.45, 7) is 4.72. The highest BCUT2D eigenvalue weighted by Crippen LogP contribution is 2.46. The molecule has 3 aliphatic carbocycles.